The summed E-state index contributed by atoms with van der Waals surface area (Å²) < 4.78 is 0. The zero-order valence-electron chi connectivity index (χ0n) is 10.2. The maximum Gasteiger partial charge on any atom is 0.270 e. The Balaban J connectivity index is 2.36. The second-order valence-corrected chi connectivity index (χ2v) is 4.86. The number of benzene rings is 1. The summed E-state index contributed by atoms with van der Waals surface area (Å²) in [6.45, 7) is 2.14. The van der Waals surface area contributed by atoms with E-state index >= 15 is 0 Å². The summed E-state index contributed by atoms with van der Waals surface area (Å²) in [6.07, 6.45) is 0. The number of nitrogens with zero attached hydrogens (tertiary/aromatic N) is 2. The summed E-state index contributed by atoms with van der Waals surface area (Å²) in [5, 5.41) is 10.7. The topological polar surface area (TPSA) is 80.5 Å². The third kappa shape index (κ3) is 2.33. The number of hydrogen-bond donors (Lipinski definition) is 1. The van der Waals surface area contributed by atoms with Crippen LogP contribution in [0.5, 0.6) is 0 Å². The summed E-state index contributed by atoms with van der Waals surface area (Å²) in [5.41, 5.74) is 0.136. The molecular formula is C12H12N2O4S. The number of thiol groups is 1. The normalized spacial score (nSPS) is 15.6. The van der Waals surface area contributed by atoms with Crippen LogP contribution in [0.2, 0.25) is 0 Å². The zero-order valence-corrected chi connectivity index (χ0v) is 11.1. The van der Waals surface area contributed by atoms with Crippen LogP contribution in [0.3, 0.4) is 0 Å². The van der Waals surface area contributed by atoms with E-state index in [9.17, 15) is 19.7 Å². The highest BCUT2D eigenvalue weighted by Gasteiger charge is 2.37. The lowest BCUT2D eigenvalue weighted by Crippen LogP contribution is -2.34. The Hall–Kier alpha value is -1.89. The molecule has 1 aliphatic rings. The van der Waals surface area contributed by atoms with Gasteiger partial charge in [-0.05, 0) is 17.7 Å². The van der Waals surface area contributed by atoms with Gasteiger partial charge in [0.1, 0.15) is 0 Å². The average molecular weight is 280 g/mol. The molecule has 6 nitrogen and oxygen atoms in total. The van der Waals surface area contributed by atoms with E-state index in [0.29, 0.717) is 5.75 Å². The molecule has 1 atom stereocenters. The molecular weight excluding hydrogens is 268 g/mol. The molecule has 2 rings (SSSR count). The van der Waals surface area contributed by atoms with E-state index in [2.05, 4.69) is 12.6 Å². The SMILES string of the molecule is CC(CS)CN1C(=O)c2ccc([N+](=O)[O-])cc2C1=O. The number of carbonyl (C=O) groups is 2. The minimum atomic E-state index is -0.586. The lowest BCUT2D eigenvalue weighted by molar-refractivity contribution is -0.384. The predicted octanol–water partition coefficient (Wildman–Crippen LogP) is 1.76. The van der Waals surface area contributed by atoms with Gasteiger partial charge in [-0.3, -0.25) is 24.6 Å². The maximum absolute atomic E-state index is 12.1. The van der Waals surface area contributed by atoms with Gasteiger partial charge in [0, 0.05) is 18.7 Å². The molecule has 0 saturated carbocycles. The van der Waals surface area contributed by atoms with Crippen LogP contribution in [-0.2, 0) is 0 Å². The van der Waals surface area contributed by atoms with Crippen molar-refractivity contribution in [3.63, 3.8) is 0 Å². The molecule has 1 aromatic carbocycles. The lowest BCUT2D eigenvalue weighted by atomic mass is 10.1. The van der Waals surface area contributed by atoms with Gasteiger partial charge < -0.3 is 0 Å². The minimum Gasteiger partial charge on any atom is -0.274 e. The summed E-state index contributed by atoms with van der Waals surface area (Å²) in [7, 11) is 0. The van der Waals surface area contributed by atoms with Crippen LogP contribution in [0.25, 0.3) is 0 Å². The molecule has 0 N–H and O–H groups in total. The molecule has 0 saturated heterocycles. The molecule has 0 radical (unpaired) electrons. The number of non-ortho nitro benzene ring substituents is 1. The van der Waals surface area contributed by atoms with Gasteiger partial charge in [-0.1, -0.05) is 6.92 Å². The molecule has 1 aromatic rings. The number of carbonyl (C=O) groups excluding carboxylic acids is 2. The van der Waals surface area contributed by atoms with Gasteiger partial charge in [0.25, 0.3) is 17.5 Å². The summed E-state index contributed by atoms with van der Waals surface area (Å²) in [5.74, 6) is -0.255. The first-order chi connectivity index (χ1) is 8.95. The molecule has 1 unspecified atom stereocenters. The van der Waals surface area contributed by atoms with Crippen molar-refractivity contribution in [2.24, 2.45) is 5.92 Å². The fourth-order valence-corrected chi connectivity index (χ4v) is 2.04. The largest absolute Gasteiger partial charge is 0.274 e. The van der Waals surface area contributed by atoms with Gasteiger partial charge in [-0.25, -0.2) is 0 Å². The average Bonchev–Trinajstić information content (AvgIpc) is 2.63. The van der Waals surface area contributed by atoms with Crippen molar-refractivity contribution < 1.29 is 14.5 Å². The van der Waals surface area contributed by atoms with Crippen molar-refractivity contribution >= 4 is 30.1 Å². The number of amides is 2. The molecule has 1 aliphatic heterocycles. The number of nitro benzene ring substituents is 1. The van der Waals surface area contributed by atoms with E-state index in [-0.39, 0.29) is 29.3 Å². The zero-order chi connectivity index (χ0) is 14.2. The molecule has 0 aromatic heterocycles. The molecule has 0 bridgehead atoms. The van der Waals surface area contributed by atoms with Crippen molar-refractivity contribution in [1.82, 2.24) is 4.90 Å². The second kappa shape index (κ2) is 5.00. The van der Waals surface area contributed by atoms with Crippen molar-refractivity contribution in [3.8, 4) is 0 Å². The summed E-state index contributed by atoms with van der Waals surface area (Å²) in [6, 6.07) is 3.72. The molecule has 2 amide bonds. The molecule has 0 aliphatic carbocycles. The third-order valence-corrected chi connectivity index (χ3v) is 3.59. The van der Waals surface area contributed by atoms with Crippen LogP contribution in [-0.4, -0.2) is 33.9 Å². The highest BCUT2D eigenvalue weighted by Crippen LogP contribution is 2.27. The standard InChI is InChI=1S/C12H12N2O4S/c1-7(6-19)5-13-11(15)9-3-2-8(14(17)18)4-10(9)12(13)16/h2-4,7,19H,5-6H2,1H3. The fraction of sp³-hybridized carbons (Fsp3) is 0.333. The quantitative estimate of drug-likeness (QED) is 0.394. The van der Waals surface area contributed by atoms with Gasteiger partial charge in [0.15, 0.2) is 0 Å². The monoisotopic (exact) mass is 280 g/mol. The predicted molar refractivity (Wildman–Crippen MR) is 71.5 cm³/mol. The van der Waals surface area contributed by atoms with E-state index in [1.165, 1.54) is 12.1 Å². The van der Waals surface area contributed by atoms with Crippen LogP contribution < -0.4 is 0 Å². The molecule has 19 heavy (non-hydrogen) atoms. The Morgan fingerprint density at radius 2 is 1.95 bits per heavy atom. The van der Waals surface area contributed by atoms with Crippen LogP contribution >= 0.6 is 12.6 Å². The maximum atomic E-state index is 12.1. The van der Waals surface area contributed by atoms with Crippen LogP contribution in [0.1, 0.15) is 27.6 Å². The first-order valence-corrected chi connectivity index (χ1v) is 6.34. The van der Waals surface area contributed by atoms with E-state index < -0.39 is 16.7 Å². The summed E-state index contributed by atoms with van der Waals surface area (Å²) in [4.78, 5) is 35.4. The van der Waals surface area contributed by atoms with E-state index in [4.69, 9.17) is 0 Å². The van der Waals surface area contributed by atoms with Gasteiger partial charge >= 0.3 is 0 Å². The van der Waals surface area contributed by atoms with Gasteiger partial charge in [-0.2, -0.15) is 12.6 Å². The van der Waals surface area contributed by atoms with E-state index in [1.807, 2.05) is 6.92 Å². The number of nitro groups is 1. The Kier molecular flexibility index (Phi) is 3.57. The molecule has 1 heterocycles. The van der Waals surface area contributed by atoms with Gasteiger partial charge in [-0.15, -0.1) is 0 Å². The molecule has 0 fully saturated rings. The number of imide groups is 1. The van der Waals surface area contributed by atoms with Crippen molar-refractivity contribution in [2.45, 2.75) is 6.92 Å². The lowest BCUT2D eigenvalue weighted by Gasteiger charge is -2.17. The minimum absolute atomic E-state index is 0.0699. The smallest absolute Gasteiger partial charge is 0.270 e. The Bertz CT molecular complexity index is 573. The third-order valence-electron chi connectivity index (χ3n) is 2.97. The molecule has 7 heteroatoms. The fourth-order valence-electron chi connectivity index (χ4n) is 1.93. The van der Waals surface area contributed by atoms with Crippen molar-refractivity contribution in [1.29, 1.82) is 0 Å². The van der Waals surface area contributed by atoms with Crippen LogP contribution in [0, 0.1) is 16.0 Å². The van der Waals surface area contributed by atoms with Crippen molar-refractivity contribution in [2.75, 3.05) is 12.3 Å². The Labute approximate surface area is 115 Å². The number of fused-ring (bicyclic) bond motifs is 1. The van der Waals surface area contributed by atoms with Crippen LogP contribution in [0.4, 0.5) is 5.69 Å². The molecule has 100 valence electrons. The van der Waals surface area contributed by atoms with Gasteiger partial charge in [0.05, 0.1) is 16.1 Å². The highest BCUT2D eigenvalue weighted by atomic mass is 32.1. The summed E-state index contributed by atoms with van der Waals surface area (Å²) >= 11 is 4.11. The molecule has 0 spiro atoms. The highest BCUT2D eigenvalue weighted by molar-refractivity contribution is 7.80. The van der Waals surface area contributed by atoms with E-state index in [1.54, 1.807) is 0 Å². The van der Waals surface area contributed by atoms with Gasteiger partial charge in [0.2, 0.25) is 0 Å². The first kappa shape index (κ1) is 13.5. The number of hydrogen-bond acceptors (Lipinski definition) is 5. The number of rotatable bonds is 4. The van der Waals surface area contributed by atoms with Crippen LogP contribution in [0.15, 0.2) is 18.2 Å². The Morgan fingerprint density at radius 3 is 2.53 bits per heavy atom. The second-order valence-electron chi connectivity index (χ2n) is 4.50. The van der Waals surface area contributed by atoms with E-state index in [0.717, 1.165) is 11.0 Å². The first-order valence-electron chi connectivity index (χ1n) is 5.71. The van der Waals surface area contributed by atoms with Crippen molar-refractivity contribution in [3.05, 3.63) is 39.4 Å². The Morgan fingerprint density at radius 1 is 1.32 bits per heavy atom.